The number of carbonyl (C=O) groups is 1. The average molecular weight is 293 g/mol. The van der Waals surface area contributed by atoms with Crippen LogP contribution in [0.1, 0.15) is 32.8 Å². The molecule has 4 heteroatoms. The van der Waals surface area contributed by atoms with Crippen LogP contribution >= 0.6 is 0 Å². The molecular formula is C17H27NO3. The van der Waals surface area contributed by atoms with Crippen molar-refractivity contribution < 1.29 is 14.6 Å². The van der Waals surface area contributed by atoms with Crippen LogP contribution in [0.25, 0.3) is 0 Å². The van der Waals surface area contributed by atoms with Crippen molar-refractivity contribution >= 4 is 5.91 Å². The van der Waals surface area contributed by atoms with E-state index >= 15 is 0 Å². The van der Waals surface area contributed by atoms with Crippen LogP contribution in [0, 0.1) is 5.92 Å². The lowest BCUT2D eigenvalue weighted by Gasteiger charge is -2.26. The van der Waals surface area contributed by atoms with E-state index in [9.17, 15) is 9.90 Å². The lowest BCUT2D eigenvalue weighted by atomic mass is 9.96. The first-order chi connectivity index (χ1) is 9.73. The van der Waals surface area contributed by atoms with Crippen molar-refractivity contribution in [2.24, 2.45) is 5.92 Å². The highest BCUT2D eigenvalue weighted by atomic mass is 16.5. The summed E-state index contributed by atoms with van der Waals surface area (Å²) in [5, 5.41) is 9.76. The number of carbonyl (C=O) groups excluding carboxylic acids is 1. The molecular weight excluding hydrogens is 266 g/mol. The van der Waals surface area contributed by atoms with Gasteiger partial charge in [-0.05, 0) is 37.8 Å². The lowest BCUT2D eigenvalue weighted by Crippen LogP contribution is -2.40. The Morgan fingerprint density at radius 1 is 1.38 bits per heavy atom. The van der Waals surface area contributed by atoms with Crippen molar-refractivity contribution in [3.05, 3.63) is 29.8 Å². The minimum Gasteiger partial charge on any atom is -0.496 e. The van der Waals surface area contributed by atoms with Crippen LogP contribution in [0.4, 0.5) is 0 Å². The van der Waals surface area contributed by atoms with Crippen molar-refractivity contribution in [2.45, 2.75) is 39.2 Å². The van der Waals surface area contributed by atoms with E-state index in [2.05, 4.69) is 6.92 Å². The van der Waals surface area contributed by atoms with Crippen LogP contribution in [0.15, 0.2) is 24.3 Å². The Hall–Kier alpha value is -1.55. The van der Waals surface area contributed by atoms with Gasteiger partial charge in [0.05, 0.1) is 12.7 Å². The minimum absolute atomic E-state index is 0.0551. The largest absolute Gasteiger partial charge is 0.496 e. The molecule has 0 radical (unpaired) electrons. The maximum Gasteiger partial charge on any atom is 0.222 e. The smallest absolute Gasteiger partial charge is 0.222 e. The van der Waals surface area contributed by atoms with Crippen molar-refractivity contribution in [2.75, 3.05) is 20.7 Å². The van der Waals surface area contributed by atoms with Crippen LogP contribution in [0.3, 0.4) is 0 Å². The second-order valence-electron chi connectivity index (χ2n) is 6.39. The number of para-hydroxylation sites is 1. The summed E-state index contributed by atoms with van der Waals surface area (Å²) < 4.78 is 5.34. The zero-order valence-electron chi connectivity index (χ0n) is 13.7. The van der Waals surface area contributed by atoms with E-state index in [0.29, 0.717) is 13.0 Å². The van der Waals surface area contributed by atoms with E-state index < -0.39 is 5.60 Å². The van der Waals surface area contributed by atoms with Crippen molar-refractivity contribution in [1.82, 2.24) is 4.90 Å². The molecule has 0 saturated heterocycles. The first kappa shape index (κ1) is 17.5. The number of ether oxygens (including phenoxy) is 1. The SMILES string of the molecule is COc1ccccc1CC(C)CC(=O)N(C)CC(C)(C)O. The predicted octanol–water partition coefficient (Wildman–Crippen LogP) is 2.49. The fourth-order valence-electron chi connectivity index (χ4n) is 2.44. The third-order valence-corrected chi connectivity index (χ3v) is 3.33. The molecule has 0 bridgehead atoms. The summed E-state index contributed by atoms with van der Waals surface area (Å²) in [6.07, 6.45) is 1.26. The predicted molar refractivity (Wildman–Crippen MR) is 84.4 cm³/mol. The Labute approximate surface area is 127 Å². The quantitative estimate of drug-likeness (QED) is 0.840. The summed E-state index contributed by atoms with van der Waals surface area (Å²) in [6, 6.07) is 7.88. The van der Waals surface area contributed by atoms with Gasteiger partial charge < -0.3 is 14.7 Å². The summed E-state index contributed by atoms with van der Waals surface area (Å²) in [4.78, 5) is 13.8. The highest BCUT2D eigenvalue weighted by Gasteiger charge is 2.21. The first-order valence-electron chi connectivity index (χ1n) is 7.31. The molecule has 0 spiro atoms. The van der Waals surface area contributed by atoms with Crippen LogP contribution in [0.5, 0.6) is 5.75 Å². The standard InChI is InChI=1S/C17H27NO3/c1-13(10-14-8-6-7-9-15(14)21-5)11-16(19)18(4)12-17(2,3)20/h6-9,13,20H,10-12H2,1-5H3. The highest BCUT2D eigenvalue weighted by molar-refractivity contribution is 5.76. The van der Waals surface area contributed by atoms with Gasteiger partial charge in [-0.25, -0.2) is 0 Å². The molecule has 0 saturated carbocycles. The maximum absolute atomic E-state index is 12.2. The summed E-state index contributed by atoms with van der Waals surface area (Å²) >= 11 is 0. The Balaban J connectivity index is 2.57. The topological polar surface area (TPSA) is 49.8 Å². The second-order valence-corrected chi connectivity index (χ2v) is 6.39. The molecule has 1 atom stereocenters. The Bertz CT molecular complexity index is 465. The van der Waals surface area contributed by atoms with Gasteiger partial charge in [0.25, 0.3) is 0 Å². The van der Waals surface area contributed by atoms with Crippen molar-refractivity contribution in [1.29, 1.82) is 0 Å². The van der Waals surface area contributed by atoms with Crippen LogP contribution in [0.2, 0.25) is 0 Å². The number of benzene rings is 1. The summed E-state index contributed by atoms with van der Waals surface area (Å²) in [7, 11) is 3.39. The second kappa shape index (κ2) is 7.46. The van der Waals surface area contributed by atoms with Crippen molar-refractivity contribution in [3.63, 3.8) is 0 Å². The number of amides is 1. The van der Waals surface area contributed by atoms with E-state index in [-0.39, 0.29) is 11.8 Å². The molecule has 1 amide bonds. The number of hydrogen-bond donors (Lipinski definition) is 1. The normalized spacial score (nSPS) is 12.9. The molecule has 0 fully saturated rings. The highest BCUT2D eigenvalue weighted by Crippen LogP contribution is 2.22. The molecule has 1 rings (SSSR count). The molecule has 1 unspecified atom stereocenters. The van der Waals surface area contributed by atoms with Gasteiger partial charge in [-0.2, -0.15) is 0 Å². The number of rotatable bonds is 7. The molecule has 0 aliphatic rings. The van der Waals surface area contributed by atoms with E-state index in [1.165, 1.54) is 0 Å². The fourth-order valence-corrected chi connectivity index (χ4v) is 2.44. The lowest BCUT2D eigenvalue weighted by molar-refractivity contribution is -0.133. The van der Waals surface area contributed by atoms with Gasteiger partial charge in [-0.3, -0.25) is 4.79 Å². The average Bonchev–Trinajstić information content (AvgIpc) is 2.37. The molecule has 1 N–H and O–H groups in total. The number of aliphatic hydroxyl groups is 1. The van der Waals surface area contributed by atoms with Gasteiger partial charge in [0.2, 0.25) is 5.91 Å². The molecule has 1 aromatic rings. The molecule has 21 heavy (non-hydrogen) atoms. The van der Waals surface area contributed by atoms with Crippen molar-refractivity contribution in [3.8, 4) is 5.75 Å². The van der Waals surface area contributed by atoms with Gasteiger partial charge in [0.15, 0.2) is 0 Å². The van der Waals surface area contributed by atoms with Crippen LogP contribution < -0.4 is 4.74 Å². The molecule has 0 heterocycles. The zero-order chi connectivity index (χ0) is 16.0. The van der Waals surface area contributed by atoms with Crippen LogP contribution in [-0.4, -0.2) is 42.2 Å². The first-order valence-corrected chi connectivity index (χ1v) is 7.31. The monoisotopic (exact) mass is 293 g/mol. The van der Waals surface area contributed by atoms with Crippen LogP contribution in [-0.2, 0) is 11.2 Å². The molecule has 118 valence electrons. The van der Waals surface area contributed by atoms with Gasteiger partial charge in [0.1, 0.15) is 5.75 Å². The third kappa shape index (κ3) is 6.17. The number of methoxy groups -OCH3 is 1. The van der Waals surface area contributed by atoms with Gasteiger partial charge in [-0.15, -0.1) is 0 Å². The zero-order valence-corrected chi connectivity index (χ0v) is 13.7. The number of hydrogen-bond acceptors (Lipinski definition) is 3. The van der Waals surface area contributed by atoms with E-state index in [4.69, 9.17) is 4.74 Å². The van der Waals surface area contributed by atoms with E-state index in [1.807, 2.05) is 24.3 Å². The molecule has 1 aromatic carbocycles. The number of likely N-dealkylation sites (N-methyl/N-ethyl adjacent to an activating group) is 1. The molecule has 0 aliphatic heterocycles. The Morgan fingerprint density at radius 2 is 2.00 bits per heavy atom. The van der Waals surface area contributed by atoms with E-state index in [0.717, 1.165) is 17.7 Å². The van der Waals surface area contributed by atoms with Gasteiger partial charge >= 0.3 is 0 Å². The van der Waals surface area contributed by atoms with Gasteiger partial charge in [-0.1, -0.05) is 25.1 Å². The Kier molecular flexibility index (Phi) is 6.21. The third-order valence-electron chi connectivity index (χ3n) is 3.33. The minimum atomic E-state index is -0.865. The number of nitrogens with zero attached hydrogens (tertiary/aromatic N) is 1. The summed E-state index contributed by atoms with van der Waals surface area (Å²) in [5.41, 5.74) is 0.251. The molecule has 4 nitrogen and oxygen atoms in total. The van der Waals surface area contributed by atoms with E-state index in [1.54, 1.807) is 32.9 Å². The fraction of sp³-hybridized carbons (Fsp3) is 0.588. The molecule has 0 aliphatic carbocycles. The Morgan fingerprint density at radius 3 is 2.57 bits per heavy atom. The summed E-state index contributed by atoms with van der Waals surface area (Å²) in [5.74, 6) is 1.14. The van der Waals surface area contributed by atoms with Gasteiger partial charge in [0, 0.05) is 20.0 Å². The maximum atomic E-state index is 12.2. The molecule has 0 aromatic heterocycles. The summed E-state index contributed by atoms with van der Waals surface area (Å²) in [6.45, 7) is 5.81.